The molecule has 2 aromatic heterocycles. The van der Waals surface area contributed by atoms with E-state index in [4.69, 9.17) is 22.2 Å². The third kappa shape index (κ3) is 5.81. The Labute approximate surface area is 190 Å². The second kappa shape index (κ2) is 10.2. The number of hydrogen-bond acceptors (Lipinski definition) is 6. The van der Waals surface area contributed by atoms with E-state index in [9.17, 15) is 0 Å². The maximum Gasteiger partial charge on any atom is 0.232 e. The zero-order chi connectivity index (χ0) is 21.6. The molecule has 0 saturated carbocycles. The lowest BCUT2D eigenvalue weighted by Gasteiger charge is -2.36. The second-order valence-corrected chi connectivity index (χ2v) is 9.22. The Morgan fingerprint density at radius 1 is 1.13 bits per heavy atom. The summed E-state index contributed by atoms with van der Waals surface area (Å²) in [4.78, 5) is 18.7. The summed E-state index contributed by atoms with van der Waals surface area (Å²) in [6.45, 7) is 8.33. The molecule has 0 amide bonds. The Kier molecular flexibility index (Phi) is 7.17. The van der Waals surface area contributed by atoms with E-state index in [1.54, 1.807) is 6.20 Å². The third-order valence-corrected chi connectivity index (χ3v) is 6.42. The number of hydrogen-bond donors (Lipinski definition) is 2. The Balaban J connectivity index is 1.52. The van der Waals surface area contributed by atoms with Crippen LogP contribution >= 0.6 is 12.2 Å². The average Bonchev–Trinajstić information content (AvgIpc) is 2.78. The monoisotopic (exact) mass is 439 g/mol. The van der Waals surface area contributed by atoms with Gasteiger partial charge in [-0.15, -0.1) is 0 Å². The minimum atomic E-state index is 0.486. The molecule has 0 bridgehead atoms. The van der Waals surface area contributed by atoms with Crippen LogP contribution in [0.2, 0.25) is 0 Å². The first-order valence-corrected chi connectivity index (χ1v) is 11.8. The minimum Gasteiger partial charge on any atom is -0.358 e. The molecule has 0 radical (unpaired) electrons. The van der Waals surface area contributed by atoms with Gasteiger partial charge in [-0.1, -0.05) is 13.0 Å². The Bertz CT molecular complexity index is 875. The molecule has 7 nitrogen and oxygen atoms in total. The molecule has 166 valence electrons. The van der Waals surface area contributed by atoms with Crippen LogP contribution in [-0.2, 0) is 6.54 Å². The third-order valence-electron chi connectivity index (χ3n) is 6.18. The summed E-state index contributed by atoms with van der Waals surface area (Å²) in [6, 6.07) is 6.59. The van der Waals surface area contributed by atoms with Crippen molar-refractivity contribution in [3.05, 3.63) is 36.2 Å². The molecule has 2 aliphatic rings. The van der Waals surface area contributed by atoms with Gasteiger partial charge in [-0.2, -0.15) is 9.97 Å². The van der Waals surface area contributed by atoms with Crippen LogP contribution < -0.4 is 20.4 Å². The lowest BCUT2D eigenvalue weighted by molar-refractivity contribution is 0.444. The van der Waals surface area contributed by atoms with Gasteiger partial charge < -0.3 is 20.4 Å². The van der Waals surface area contributed by atoms with Gasteiger partial charge >= 0.3 is 0 Å². The second-order valence-electron chi connectivity index (χ2n) is 8.81. The van der Waals surface area contributed by atoms with Crippen molar-refractivity contribution in [1.29, 1.82) is 0 Å². The van der Waals surface area contributed by atoms with Gasteiger partial charge in [0.1, 0.15) is 11.6 Å². The number of nitrogens with zero attached hydrogens (tertiary/aromatic N) is 5. The lowest BCUT2D eigenvalue weighted by atomic mass is 10.0. The van der Waals surface area contributed by atoms with E-state index in [0.717, 1.165) is 36.8 Å². The van der Waals surface area contributed by atoms with E-state index in [1.165, 1.54) is 32.1 Å². The number of aromatic nitrogens is 3. The molecule has 2 fully saturated rings. The van der Waals surface area contributed by atoms with E-state index >= 15 is 0 Å². The first-order valence-electron chi connectivity index (χ1n) is 11.4. The van der Waals surface area contributed by atoms with Gasteiger partial charge in [0.05, 0.1) is 0 Å². The first kappa shape index (κ1) is 21.7. The van der Waals surface area contributed by atoms with E-state index in [2.05, 4.69) is 45.3 Å². The molecule has 2 saturated heterocycles. The van der Waals surface area contributed by atoms with Crippen molar-refractivity contribution in [2.24, 2.45) is 5.92 Å². The molecule has 2 aliphatic heterocycles. The normalized spacial score (nSPS) is 21.6. The number of piperidine rings is 2. The molecule has 0 aliphatic carbocycles. The van der Waals surface area contributed by atoms with Crippen molar-refractivity contribution in [3.8, 4) is 0 Å². The van der Waals surface area contributed by atoms with Gasteiger partial charge in [0, 0.05) is 50.7 Å². The predicted octanol–water partition coefficient (Wildman–Crippen LogP) is 3.97. The molecule has 0 aromatic carbocycles. The van der Waals surface area contributed by atoms with Gasteiger partial charge in [0.2, 0.25) is 5.95 Å². The maximum absolute atomic E-state index is 5.53. The predicted molar refractivity (Wildman–Crippen MR) is 131 cm³/mol. The van der Waals surface area contributed by atoms with Gasteiger partial charge in [-0.25, -0.2) is 0 Å². The number of pyridine rings is 1. The van der Waals surface area contributed by atoms with Crippen LogP contribution in [0.1, 0.15) is 51.5 Å². The van der Waals surface area contributed by atoms with Crippen molar-refractivity contribution >= 4 is 34.9 Å². The molecule has 4 heterocycles. The highest BCUT2D eigenvalue weighted by molar-refractivity contribution is 7.80. The highest BCUT2D eigenvalue weighted by Crippen LogP contribution is 2.29. The van der Waals surface area contributed by atoms with E-state index in [1.807, 2.05) is 18.3 Å². The highest BCUT2D eigenvalue weighted by atomic mass is 32.1. The number of nitrogens with one attached hydrogen (secondary N) is 2. The summed E-state index contributed by atoms with van der Waals surface area (Å²) in [5.74, 6) is 3.23. The summed E-state index contributed by atoms with van der Waals surface area (Å²) >= 11 is 5.53. The maximum atomic E-state index is 5.53. The summed E-state index contributed by atoms with van der Waals surface area (Å²) < 4.78 is 0. The number of anilines is 3. The van der Waals surface area contributed by atoms with Crippen molar-refractivity contribution in [2.75, 3.05) is 34.8 Å². The standard InChI is InChI=1S/C23H33N7S/c1-17-7-6-11-29(16-17)20-13-21(30-12-4-3-8-18(30)2)27-22(26-20)28-23(31)25-15-19-9-5-10-24-14-19/h5,9-10,13-14,17-18H,3-4,6-8,11-12,15-16H2,1-2H3,(H2,25,26,27,28,31). The molecule has 8 heteroatoms. The Hall–Kier alpha value is -2.48. The fraction of sp³-hybridized carbons (Fsp3) is 0.565. The molecular weight excluding hydrogens is 406 g/mol. The van der Waals surface area contributed by atoms with Crippen LogP contribution in [0.4, 0.5) is 17.6 Å². The Morgan fingerprint density at radius 2 is 2.00 bits per heavy atom. The highest BCUT2D eigenvalue weighted by Gasteiger charge is 2.24. The van der Waals surface area contributed by atoms with Crippen LogP contribution in [0.25, 0.3) is 0 Å². The minimum absolute atomic E-state index is 0.486. The summed E-state index contributed by atoms with van der Waals surface area (Å²) in [7, 11) is 0. The fourth-order valence-corrected chi connectivity index (χ4v) is 4.62. The van der Waals surface area contributed by atoms with Crippen molar-refractivity contribution in [1.82, 2.24) is 20.3 Å². The van der Waals surface area contributed by atoms with Crippen LogP contribution in [0, 0.1) is 5.92 Å². The molecular formula is C23H33N7S. The van der Waals surface area contributed by atoms with Crippen LogP contribution in [0.5, 0.6) is 0 Å². The molecule has 31 heavy (non-hydrogen) atoms. The van der Waals surface area contributed by atoms with Crippen molar-refractivity contribution < 1.29 is 0 Å². The molecule has 2 unspecified atom stereocenters. The van der Waals surface area contributed by atoms with Gasteiger partial charge in [0.25, 0.3) is 0 Å². The zero-order valence-electron chi connectivity index (χ0n) is 18.5. The summed E-state index contributed by atoms with van der Waals surface area (Å²) in [6.07, 6.45) is 9.78. The largest absolute Gasteiger partial charge is 0.358 e. The summed E-state index contributed by atoms with van der Waals surface area (Å²) in [5, 5.41) is 6.98. The smallest absolute Gasteiger partial charge is 0.232 e. The van der Waals surface area contributed by atoms with E-state index in [-0.39, 0.29) is 0 Å². The SMILES string of the molecule is CC1CCCN(c2cc(N3CCCCC3C)nc(NC(=S)NCc3cccnc3)n2)C1. The van der Waals surface area contributed by atoms with Gasteiger partial charge in [-0.05, 0) is 68.8 Å². The molecule has 2 aromatic rings. The topological polar surface area (TPSA) is 69.2 Å². The van der Waals surface area contributed by atoms with Crippen LogP contribution in [0.3, 0.4) is 0 Å². The first-order chi connectivity index (χ1) is 15.1. The lowest BCUT2D eigenvalue weighted by Crippen LogP contribution is -2.39. The van der Waals surface area contributed by atoms with Gasteiger partial charge in [-0.3, -0.25) is 4.98 Å². The van der Waals surface area contributed by atoms with E-state index in [0.29, 0.717) is 29.6 Å². The van der Waals surface area contributed by atoms with Gasteiger partial charge in [0.15, 0.2) is 5.11 Å². The van der Waals surface area contributed by atoms with E-state index < -0.39 is 0 Å². The molecule has 4 rings (SSSR count). The number of rotatable bonds is 5. The van der Waals surface area contributed by atoms with Crippen molar-refractivity contribution in [3.63, 3.8) is 0 Å². The molecule has 0 spiro atoms. The molecule has 2 atom stereocenters. The fourth-order valence-electron chi connectivity index (χ4n) is 4.45. The zero-order valence-corrected chi connectivity index (χ0v) is 19.4. The molecule has 2 N–H and O–H groups in total. The average molecular weight is 440 g/mol. The quantitative estimate of drug-likeness (QED) is 0.678. The van der Waals surface area contributed by atoms with Crippen LogP contribution in [-0.4, -0.2) is 45.7 Å². The summed E-state index contributed by atoms with van der Waals surface area (Å²) in [5.41, 5.74) is 1.08. The Morgan fingerprint density at radius 3 is 2.77 bits per heavy atom. The van der Waals surface area contributed by atoms with Crippen molar-refractivity contribution in [2.45, 2.75) is 58.5 Å². The van der Waals surface area contributed by atoms with Crippen LogP contribution in [0.15, 0.2) is 30.6 Å². The number of thiocarbonyl (C=S) groups is 1.